The van der Waals surface area contributed by atoms with Crippen LogP contribution in [0.3, 0.4) is 0 Å². The zero-order valence-corrected chi connectivity index (χ0v) is 24.4. The molecule has 1 aliphatic rings. The van der Waals surface area contributed by atoms with E-state index in [9.17, 15) is 16.8 Å². The average molecular weight is 569 g/mol. The fraction of sp³-hybridized carbons (Fsp3) is 0.345. The van der Waals surface area contributed by atoms with Crippen molar-refractivity contribution in [3.63, 3.8) is 0 Å². The maximum atomic E-state index is 13.2. The molecule has 208 valence electrons. The highest BCUT2D eigenvalue weighted by atomic mass is 32.2. The lowest BCUT2D eigenvalue weighted by Gasteiger charge is -2.15. The van der Waals surface area contributed by atoms with E-state index >= 15 is 0 Å². The molecule has 0 radical (unpaired) electrons. The van der Waals surface area contributed by atoms with Crippen molar-refractivity contribution in [2.45, 2.75) is 75.3 Å². The molecule has 0 aliphatic heterocycles. The van der Waals surface area contributed by atoms with Gasteiger partial charge in [-0.1, -0.05) is 58.0 Å². The minimum absolute atomic E-state index is 0.136. The molecule has 0 saturated carbocycles. The SMILES string of the molecule is CCC(CC)NS(=O)(=O)c1ccc2c(c1)C(=NNc1ccccc1)c1cc(S(=O)(=O)NC(CC)CC)ccc1-2. The molecule has 0 heterocycles. The number of nitrogens with one attached hydrogen (secondary N) is 3. The molecular formula is C29H36N4O4S2. The summed E-state index contributed by atoms with van der Waals surface area (Å²) in [5.41, 5.74) is 7.07. The highest BCUT2D eigenvalue weighted by Gasteiger charge is 2.30. The van der Waals surface area contributed by atoms with Crippen LogP contribution in [0, 0.1) is 0 Å². The quantitative estimate of drug-likeness (QED) is 0.196. The molecule has 10 heteroatoms. The third-order valence-corrected chi connectivity index (χ3v) is 10.1. The summed E-state index contributed by atoms with van der Waals surface area (Å²) in [6.45, 7) is 7.78. The summed E-state index contributed by atoms with van der Waals surface area (Å²) in [7, 11) is -7.53. The predicted molar refractivity (Wildman–Crippen MR) is 157 cm³/mol. The Kier molecular flexibility index (Phi) is 8.90. The van der Waals surface area contributed by atoms with Gasteiger partial charge in [-0.15, -0.1) is 0 Å². The number of rotatable bonds is 12. The van der Waals surface area contributed by atoms with E-state index in [2.05, 4.69) is 20.0 Å². The Morgan fingerprint density at radius 3 is 1.46 bits per heavy atom. The molecule has 4 rings (SSSR count). The van der Waals surface area contributed by atoms with Crippen LogP contribution in [0.4, 0.5) is 5.69 Å². The smallest absolute Gasteiger partial charge is 0.240 e. The first kappa shape index (κ1) is 28.9. The molecule has 3 N–H and O–H groups in total. The highest BCUT2D eigenvalue weighted by molar-refractivity contribution is 7.89. The maximum Gasteiger partial charge on any atom is 0.240 e. The van der Waals surface area contributed by atoms with Crippen molar-refractivity contribution < 1.29 is 16.8 Å². The number of hydrogen-bond acceptors (Lipinski definition) is 6. The van der Waals surface area contributed by atoms with E-state index in [1.165, 1.54) is 0 Å². The van der Waals surface area contributed by atoms with E-state index < -0.39 is 20.0 Å². The predicted octanol–water partition coefficient (Wildman–Crippen LogP) is 5.47. The van der Waals surface area contributed by atoms with Crippen molar-refractivity contribution in [2.24, 2.45) is 5.10 Å². The molecular weight excluding hydrogens is 532 g/mol. The summed E-state index contributed by atoms with van der Waals surface area (Å²) in [5.74, 6) is 0. The molecule has 0 fully saturated rings. The Morgan fingerprint density at radius 1 is 0.615 bits per heavy atom. The number of hydrogen-bond donors (Lipinski definition) is 3. The molecule has 0 bridgehead atoms. The number of sulfonamides is 2. The number of para-hydroxylation sites is 1. The van der Waals surface area contributed by atoms with Gasteiger partial charge in [-0.25, -0.2) is 26.3 Å². The van der Waals surface area contributed by atoms with Crippen LogP contribution in [0.1, 0.15) is 64.5 Å². The van der Waals surface area contributed by atoms with Crippen LogP contribution in [0.2, 0.25) is 0 Å². The van der Waals surface area contributed by atoms with Gasteiger partial charge in [0, 0.05) is 23.2 Å². The minimum Gasteiger partial charge on any atom is -0.278 e. The van der Waals surface area contributed by atoms with Gasteiger partial charge in [-0.2, -0.15) is 5.10 Å². The van der Waals surface area contributed by atoms with Gasteiger partial charge in [-0.3, -0.25) is 5.43 Å². The number of anilines is 1. The Hall–Kier alpha value is -3.05. The largest absolute Gasteiger partial charge is 0.278 e. The Morgan fingerprint density at radius 2 is 1.05 bits per heavy atom. The van der Waals surface area contributed by atoms with Gasteiger partial charge in [-0.05, 0) is 73.2 Å². The number of hydrazone groups is 1. The first-order chi connectivity index (χ1) is 18.6. The zero-order chi connectivity index (χ0) is 28.2. The van der Waals surface area contributed by atoms with Crippen LogP contribution in [0.25, 0.3) is 11.1 Å². The van der Waals surface area contributed by atoms with Gasteiger partial charge in [0.2, 0.25) is 20.0 Å². The summed E-state index contributed by atoms with van der Waals surface area (Å²) < 4.78 is 58.4. The lowest BCUT2D eigenvalue weighted by molar-refractivity contribution is 0.529. The van der Waals surface area contributed by atoms with Crippen LogP contribution in [-0.4, -0.2) is 34.6 Å². The van der Waals surface area contributed by atoms with E-state index in [4.69, 9.17) is 0 Å². The summed E-state index contributed by atoms with van der Waals surface area (Å²) in [6, 6.07) is 19.0. The molecule has 3 aromatic carbocycles. The Balaban J connectivity index is 1.81. The zero-order valence-electron chi connectivity index (χ0n) is 22.7. The van der Waals surface area contributed by atoms with Gasteiger partial charge < -0.3 is 0 Å². The minimum atomic E-state index is -3.77. The lowest BCUT2D eigenvalue weighted by atomic mass is 10.1. The molecule has 1 aliphatic carbocycles. The second kappa shape index (κ2) is 12.0. The van der Waals surface area contributed by atoms with Crippen molar-refractivity contribution in [3.05, 3.63) is 77.9 Å². The van der Waals surface area contributed by atoms with E-state index in [0.29, 0.717) is 42.5 Å². The van der Waals surface area contributed by atoms with Gasteiger partial charge in [0.05, 0.1) is 21.2 Å². The fourth-order valence-electron chi connectivity index (χ4n) is 4.63. The van der Waals surface area contributed by atoms with Crippen molar-refractivity contribution in [1.82, 2.24) is 9.44 Å². The van der Waals surface area contributed by atoms with Crippen molar-refractivity contribution in [3.8, 4) is 11.1 Å². The molecule has 0 aromatic heterocycles. The van der Waals surface area contributed by atoms with E-state index in [0.717, 1.165) is 16.8 Å². The standard InChI is InChI=1S/C29H36N4O4S2/c1-5-20(6-2)32-38(34,35)23-14-16-25-26-17-15-24(39(36,37)33-21(7-3)8-4)19-28(26)29(27(25)18-23)31-30-22-12-10-9-11-13-22/h9-21,30,32-33H,5-8H2,1-4H3. The molecule has 8 nitrogen and oxygen atoms in total. The molecule has 39 heavy (non-hydrogen) atoms. The number of fused-ring (bicyclic) bond motifs is 3. The highest BCUT2D eigenvalue weighted by Crippen LogP contribution is 2.39. The van der Waals surface area contributed by atoms with Crippen LogP contribution in [-0.2, 0) is 20.0 Å². The van der Waals surface area contributed by atoms with Crippen molar-refractivity contribution in [2.75, 3.05) is 5.43 Å². The summed E-state index contributed by atoms with van der Waals surface area (Å²) >= 11 is 0. The third-order valence-electron chi connectivity index (χ3n) is 7.09. The molecule has 0 unspecified atom stereocenters. The molecule has 0 saturated heterocycles. The van der Waals surface area contributed by atoms with Crippen molar-refractivity contribution in [1.29, 1.82) is 0 Å². The average Bonchev–Trinajstić information content (AvgIpc) is 3.26. The number of benzene rings is 3. The van der Waals surface area contributed by atoms with Gasteiger partial charge >= 0.3 is 0 Å². The van der Waals surface area contributed by atoms with Crippen LogP contribution >= 0.6 is 0 Å². The van der Waals surface area contributed by atoms with Crippen LogP contribution in [0.5, 0.6) is 0 Å². The molecule has 0 atom stereocenters. The topological polar surface area (TPSA) is 117 Å². The van der Waals surface area contributed by atoms with Gasteiger partial charge in [0.25, 0.3) is 0 Å². The van der Waals surface area contributed by atoms with E-state index in [1.807, 2.05) is 58.0 Å². The first-order valence-corrected chi connectivity index (χ1v) is 16.3. The Bertz CT molecular complexity index is 1470. The molecule has 3 aromatic rings. The second-order valence-corrected chi connectivity index (χ2v) is 13.1. The summed E-state index contributed by atoms with van der Waals surface area (Å²) in [4.78, 5) is 0.272. The van der Waals surface area contributed by atoms with Gasteiger partial charge in [0.1, 0.15) is 0 Å². The second-order valence-electron chi connectivity index (χ2n) is 9.62. The van der Waals surface area contributed by atoms with Gasteiger partial charge in [0.15, 0.2) is 0 Å². The molecule has 0 amide bonds. The normalized spacial score (nSPS) is 13.0. The van der Waals surface area contributed by atoms with Crippen LogP contribution < -0.4 is 14.9 Å². The monoisotopic (exact) mass is 568 g/mol. The lowest BCUT2D eigenvalue weighted by Crippen LogP contribution is -2.34. The Labute approximate surface area is 232 Å². The first-order valence-electron chi connectivity index (χ1n) is 13.4. The third kappa shape index (κ3) is 6.24. The van der Waals surface area contributed by atoms with Crippen LogP contribution in [0.15, 0.2) is 81.6 Å². The molecule has 0 spiro atoms. The fourth-order valence-corrected chi connectivity index (χ4v) is 7.48. The summed E-state index contributed by atoms with van der Waals surface area (Å²) in [6.07, 6.45) is 2.73. The van der Waals surface area contributed by atoms with E-state index in [1.54, 1.807) is 36.4 Å². The van der Waals surface area contributed by atoms with E-state index in [-0.39, 0.29) is 21.9 Å². The number of nitrogens with zero attached hydrogens (tertiary/aromatic N) is 1. The summed E-state index contributed by atoms with van der Waals surface area (Å²) in [5, 5.41) is 4.65. The maximum absolute atomic E-state index is 13.2. The van der Waals surface area contributed by atoms with Crippen molar-refractivity contribution >= 4 is 31.4 Å².